The van der Waals surface area contributed by atoms with E-state index in [0.29, 0.717) is 0 Å². The first-order valence-electron chi connectivity index (χ1n) is 29.7. The molecule has 21 heterocycles. The monoisotopic (exact) mass is 1760 g/mol. The third-order valence-electron chi connectivity index (χ3n) is 18.1. The zero-order valence-corrected chi connectivity index (χ0v) is 64.3. The number of alkyl halides is 7. The molecule has 0 aromatic rings. The highest BCUT2D eigenvalue weighted by atomic mass is 79.9. The van der Waals surface area contributed by atoms with Crippen LogP contribution in [0.5, 0.6) is 0 Å². The molecule has 91 heavy (non-hydrogen) atoms. The molecule has 0 saturated carbocycles. The van der Waals surface area contributed by atoms with Gasteiger partial charge in [-0.2, -0.15) is 0 Å². The Bertz CT molecular complexity index is 1720. The first kappa shape index (κ1) is 79.0. The number of hydrogen-bond donors (Lipinski definition) is 0. The van der Waals surface area contributed by atoms with Crippen molar-refractivity contribution in [3.63, 3.8) is 0 Å². The molecule has 0 N–H and O–H groups in total. The molecule has 35 atom stereocenters. The SMILES string of the molecule is CO[C@@H]1[C@@H](OC)[C@H]2O[C@H]3[C@H](OC)[C@@H](OC)[C@@H](O[C@H]4[C@H](OC)[C@@H](OC)[C@@H](O[C@H]5[C@H](OC)[C@@H](OC)[C@@H](O[C@H]6[C@H](OC)[C@@H](OC)[C@@H](O[C@H]7[C@H](OC)[C@@H](OC)[C@@H](O[C@H]8[C@H](OC)[C@@H](OC)[C@@H](O[C@@H]1[C@@H](CBr)O2)O[C@@H]8CBr)O[C@@H]7CBr)O[C@@H]6CBr)O[C@@H]5CBr)O[C@@H]4CBr)O[C@@H]3CBr. The minimum Gasteiger partial charge on any atom is -0.376 e. The molecule has 21 rings (SSSR count). The van der Waals surface area contributed by atoms with E-state index in [0.717, 1.165) is 0 Å². The Balaban J connectivity index is 1.19. The fraction of sp³-hybridized carbons (Fsp3) is 1.00. The van der Waals surface area contributed by atoms with E-state index in [1.165, 1.54) is 49.8 Å². The standard InChI is InChI=1S/C56H91Br7O28/c1-64-36-29-22(15-57)78-50(43(36)71-8)86-30-23(16-58)80-52(45(73-10)37(30)65-2)88-32-25(18-60)82-54(47(75-12)39(32)67-4)90-34-27(20-62)84-56(49(77-14)41(34)69-6)91-35-28(21-63)83-55(48(76-13)42(35)70-7)89-33-26(19-61)81-53(46(74-11)40(33)68-5)87-31-24(17-59)79-51(85-29)44(72-9)38(31)66-3/h22-56H,15-21H2,1-14H3/t22-,23-,24-,25-,26-,27-,28-,29-,30-,31-,32-,33-,34-,35-,36+,37+,38+,39+,40+,41+,42+,43-,44-,45-,46-,47-,48-,49-,50-,51-,52-,53-,54-,55-,56-/m1/s1. The lowest BCUT2D eigenvalue weighted by atomic mass is 9.95. The van der Waals surface area contributed by atoms with Crippen LogP contribution in [0.2, 0.25) is 0 Å². The Morgan fingerprint density at radius 1 is 0.165 bits per heavy atom. The second-order valence-electron chi connectivity index (χ2n) is 22.4. The summed E-state index contributed by atoms with van der Waals surface area (Å²) in [5.74, 6) is 0. The highest BCUT2D eigenvalue weighted by Crippen LogP contribution is 2.43. The van der Waals surface area contributed by atoms with E-state index in [4.69, 9.17) is 133 Å². The van der Waals surface area contributed by atoms with Crippen LogP contribution >= 0.6 is 112 Å². The summed E-state index contributed by atoms with van der Waals surface area (Å²) >= 11 is 25.9. The first-order chi connectivity index (χ1) is 44.2. The normalized spacial score (nSPS) is 48.7. The first-order valence-corrected chi connectivity index (χ1v) is 37.5. The van der Waals surface area contributed by atoms with Crippen LogP contribution in [0.15, 0.2) is 0 Å². The maximum Gasteiger partial charge on any atom is 0.187 e. The van der Waals surface area contributed by atoms with Gasteiger partial charge in [-0.1, -0.05) is 112 Å². The lowest BCUT2D eigenvalue weighted by Gasteiger charge is -2.52. The summed E-state index contributed by atoms with van der Waals surface area (Å²) in [7, 11) is 21.6. The van der Waals surface area contributed by atoms with Gasteiger partial charge in [-0.05, 0) is 0 Å². The largest absolute Gasteiger partial charge is 0.376 e. The Labute approximate surface area is 591 Å². The van der Waals surface area contributed by atoms with Crippen molar-refractivity contribution in [1.29, 1.82) is 0 Å². The minimum atomic E-state index is -1.10. The van der Waals surface area contributed by atoms with Gasteiger partial charge in [0.05, 0.1) is 42.7 Å². The molecule has 0 unspecified atom stereocenters. The third-order valence-corrected chi connectivity index (χ3v) is 22.5. The fourth-order valence-electron chi connectivity index (χ4n) is 13.6. The van der Waals surface area contributed by atoms with E-state index in [1.54, 1.807) is 49.8 Å². The Morgan fingerprint density at radius 3 is 0.341 bits per heavy atom. The number of rotatable bonds is 21. The molecule has 35 heteroatoms. The number of methoxy groups -OCH3 is 14. The van der Waals surface area contributed by atoms with Crippen LogP contribution in [0.1, 0.15) is 0 Å². The summed E-state index contributed by atoms with van der Waals surface area (Å²) in [4.78, 5) is 0. The average molecular weight is 1770 g/mol. The van der Waals surface area contributed by atoms with Crippen LogP contribution in [0.3, 0.4) is 0 Å². The Kier molecular flexibility index (Phi) is 32.9. The van der Waals surface area contributed by atoms with Gasteiger partial charge in [0, 0.05) is 137 Å². The molecule has 0 aromatic carbocycles. The lowest BCUT2D eigenvalue weighted by Crippen LogP contribution is -2.69. The van der Waals surface area contributed by atoms with Crippen LogP contribution in [-0.2, 0) is 133 Å². The van der Waals surface area contributed by atoms with E-state index in [9.17, 15) is 0 Å². The van der Waals surface area contributed by atoms with E-state index >= 15 is 0 Å². The molecule has 21 fully saturated rings. The van der Waals surface area contributed by atoms with E-state index in [-0.39, 0.29) is 37.3 Å². The van der Waals surface area contributed by atoms with E-state index < -0.39 is 215 Å². The van der Waals surface area contributed by atoms with Crippen molar-refractivity contribution in [2.45, 2.75) is 215 Å². The van der Waals surface area contributed by atoms with Gasteiger partial charge in [0.1, 0.15) is 128 Å². The van der Waals surface area contributed by atoms with Crippen molar-refractivity contribution in [1.82, 2.24) is 0 Å². The number of hydrogen-bond acceptors (Lipinski definition) is 28. The molecule has 21 aliphatic rings. The number of ether oxygens (including phenoxy) is 28. The Hall–Kier alpha value is 2.24. The molecule has 28 nitrogen and oxygen atoms in total. The molecule has 0 amide bonds. The van der Waals surface area contributed by atoms with Crippen molar-refractivity contribution < 1.29 is 133 Å². The third kappa shape index (κ3) is 16.7. The quantitative estimate of drug-likeness (QED) is 0.148. The van der Waals surface area contributed by atoms with Crippen molar-refractivity contribution in [3.8, 4) is 0 Å². The Morgan fingerprint density at radius 2 is 0.264 bits per heavy atom. The van der Waals surface area contributed by atoms with Crippen molar-refractivity contribution in [3.05, 3.63) is 0 Å². The molecule has 0 aliphatic carbocycles. The van der Waals surface area contributed by atoms with Crippen LogP contribution < -0.4 is 0 Å². The summed E-state index contributed by atoms with van der Waals surface area (Å²) < 4.78 is 184. The van der Waals surface area contributed by atoms with Crippen LogP contribution in [0.25, 0.3) is 0 Å². The maximum absolute atomic E-state index is 6.99. The summed E-state index contributed by atoms with van der Waals surface area (Å²) in [6, 6.07) is 0. The van der Waals surface area contributed by atoms with Crippen LogP contribution in [-0.4, -0.2) is 352 Å². The summed E-state index contributed by atoms with van der Waals surface area (Å²) in [5, 5.41) is 1.77. The molecule has 0 spiro atoms. The summed E-state index contributed by atoms with van der Waals surface area (Å²) in [5.41, 5.74) is 0. The van der Waals surface area contributed by atoms with Gasteiger partial charge in [0.2, 0.25) is 0 Å². The van der Waals surface area contributed by atoms with Gasteiger partial charge in [0.25, 0.3) is 0 Å². The van der Waals surface area contributed by atoms with Crippen LogP contribution in [0.4, 0.5) is 0 Å². The second-order valence-corrected chi connectivity index (χ2v) is 26.9. The van der Waals surface area contributed by atoms with Gasteiger partial charge in [0.15, 0.2) is 44.0 Å². The molecule has 532 valence electrons. The molecular formula is C56H91Br7O28. The molecule has 0 aromatic heterocycles. The highest BCUT2D eigenvalue weighted by molar-refractivity contribution is 9.10. The molecule has 0 radical (unpaired) electrons. The van der Waals surface area contributed by atoms with Crippen molar-refractivity contribution in [2.75, 3.05) is 137 Å². The molecule has 14 bridgehead atoms. The van der Waals surface area contributed by atoms with Crippen molar-refractivity contribution >= 4 is 112 Å². The van der Waals surface area contributed by atoms with Gasteiger partial charge in [-0.25, -0.2) is 0 Å². The average Bonchev–Trinajstić information content (AvgIpc) is 0.788. The summed E-state index contributed by atoms with van der Waals surface area (Å²) in [6.07, 6.45) is -31.3. The smallest absolute Gasteiger partial charge is 0.187 e. The van der Waals surface area contributed by atoms with Gasteiger partial charge >= 0.3 is 0 Å². The predicted molar refractivity (Wildman–Crippen MR) is 342 cm³/mol. The molecular weight excluding hydrogens is 1680 g/mol. The molecule has 21 aliphatic heterocycles. The lowest BCUT2D eigenvalue weighted by molar-refractivity contribution is -0.394. The zero-order valence-electron chi connectivity index (χ0n) is 53.2. The molecule has 21 saturated heterocycles. The van der Waals surface area contributed by atoms with E-state index in [2.05, 4.69) is 112 Å². The van der Waals surface area contributed by atoms with Crippen LogP contribution in [0, 0.1) is 0 Å². The zero-order chi connectivity index (χ0) is 66.0. The fourth-order valence-corrected chi connectivity index (χ4v) is 17.3. The van der Waals surface area contributed by atoms with Gasteiger partial charge in [-0.15, -0.1) is 0 Å². The van der Waals surface area contributed by atoms with E-state index in [1.807, 2.05) is 0 Å². The predicted octanol–water partition coefficient (Wildman–Crippen LogP) is 3.75. The van der Waals surface area contributed by atoms with Gasteiger partial charge < -0.3 is 133 Å². The second kappa shape index (κ2) is 38.0. The van der Waals surface area contributed by atoms with Crippen molar-refractivity contribution in [2.24, 2.45) is 0 Å². The summed E-state index contributed by atoms with van der Waals surface area (Å²) in [6.45, 7) is 0. The maximum atomic E-state index is 6.99. The highest BCUT2D eigenvalue weighted by Gasteiger charge is 2.62. The minimum absolute atomic E-state index is 0.252. The number of halogens is 7. The van der Waals surface area contributed by atoms with Gasteiger partial charge in [-0.3, -0.25) is 0 Å². The topological polar surface area (TPSA) is 258 Å².